The summed E-state index contributed by atoms with van der Waals surface area (Å²) < 4.78 is 87.2. The van der Waals surface area contributed by atoms with E-state index in [4.69, 9.17) is 4.74 Å². The largest absolute Gasteiger partial charge is 0.416 e. The lowest BCUT2D eigenvalue weighted by Crippen LogP contribution is -2.72. The van der Waals surface area contributed by atoms with Crippen LogP contribution in [0.3, 0.4) is 0 Å². The van der Waals surface area contributed by atoms with Crippen molar-refractivity contribution in [1.82, 2.24) is 9.80 Å². The van der Waals surface area contributed by atoms with Gasteiger partial charge in [-0.2, -0.15) is 26.3 Å². The molecule has 1 aliphatic carbocycles. The summed E-state index contributed by atoms with van der Waals surface area (Å²) in [7, 11) is 1.36. The number of Topliss-reactive ketones (excluding diaryl/α,β-unsaturated/α-hetero) is 1. The number of benzene rings is 1. The molecule has 0 spiro atoms. The van der Waals surface area contributed by atoms with Gasteiger partial charge >= 0.3 is 12.4 Å². The Morgan fingerprint density at radius 3 is 2.21 bits per heavy atom. The number of ketones is 1. The number of hydrogen-bond donors (Lipinski definition) is 0. The van der Waals surface area contributed by atoms with E-state index in [9.17, 15) is 40.7 Å². The Hall–Kier alpha value is -2.63. The quantitative estimate of drug-likeness (QED) is 0.398. The fourth-order valence-corrected chi connectivity index (χ4v) is 6.64. The maximum Gasteiger partial charge on any atom is 0.416 e. The number of rotatable bonds is 3. The van der Waals surface area contributed by atoms with Crippen molar-refractivity contribution in [2.75, 3.05) is 7.11 Å². The Morgan fingerprint density at radius 1 is 0.974 bits per heavy atom. The Balaban J connectivity index is 0.00000336. The van der Waals surface area contributed by atoms with Crippen LogP contribution in [0.4, 0.5) is 26.3 Å². The first-order chi connectivity index (χ1) is 17.3. The van der Waals surface area contributed by atoms with Crippen LogP contribution < -0.4 is 0 Å². The third-order valence-corrected chi connectivity index (χ3v) is 8.46. The van der Waals surface area contributed by atoms with Crippen molar-refractivity contribution in [2.45, 2.75) is 101 Å². The molecular weight excluding hydrogens is 518 g/mol. The van der Waals surface area contributed by atoms with Gasteiger partial charge in [-0.05, 0) is 74.6 Å². The average molecular weight is 549 g/mol. The minimum absolute atomic E-state index is 0. The molecule has 0 radical (unpaired) electrons. The zero-order chi connectivity index (χ0) is 26.9. The van der Waals surface area contributed by atoms with E-state index in [1.165, 1.54) is 16.9 Å². The summed E-state index contributed by atoms with van der Waals surface area (Å²) >= 11 is 0. The molecular formula is C26H30F6N2O4. The van der Waals surface area contributed by atoms with Crippen LogP contribution in [0.2, 0.25) is 0 Å². The van der Waals surface area contributed by atoms with Crippen LogP contribution >= 0.6 is 0 Å². The number of piperidine rings is 1. The molecule has 5 rings (SSSR count). The highest BCUT2D eigenvalue weighted by molar-refractivity contribution is 6.39. The lowest BCUT2D eigenvalue weighted by molar-refractivity contribution is -0.174. The fraction of sp³-hybridized carbons (Fsp3) is 0.654. The first-order valence-corrected chi connectivity index (χ1v) is 12.3. The van der Waals surface area contributed by atoms with Gasteiger partial charge in [0, 0.05) is 13.7 Å². The van der Waals surface area contributed by atoms with Gasteiger partial charge < -0.3 is 14.5 Å². The number of carbonyl (C=O) groups is 3. The van der Waals surface area contributed by atoms with Gasteiger partial charge in [0.2, 0.25) is 5.91 Å². The van der Waals surface area contributed by atoms with Crippen LogP contribution in [0.25, 0.3) is 0 Å². The van der Waals surface area contributed by atoms with Crippen LogP contribution in [0.15, 0.2) is 12.1 Å². The van der Waals surface area contributed by atoms with E-state index in [0.29, 0.717) is 44.6 Å². The van der Waals surface area contributed by atoms with Gasteiger partial charge in [-0.25, -0.2) is 0 Å². The van der Waals surface area contributed by atoms with Crippen molar-refractivity contribution >= 4 is 17.6 Å². The van der Waals surface area contributed by atoms with Crippen molar-refractivity contribution in [3.8, 4) is 0 Å². The van der Waals surface area contributed by atoms with E-state index in [0.717, 1.165) is 0 Å². The number of amides is 2. The van der Waals surface area contributed by atoms with Crippen LogP contribution in [-0.4, -0.2) is 58.2 Å². The third kappa shape index (κ3) is 4.38. The monoisotopic (exact) mass is 548 g/mol. The number of fused-ring (bicyclic) bond motifs is 5. The molecule has 210 valence electrons. The average Bonchev–Trinajstić information content (AvgIpc) is 3.34. The van der Waals surface area contributed by atoms with Gasteiger partial charge in [0.25, 0.3) is 11.7 Å². The first-order valence-electron chi connectivity index (χ1n) is 12.3. The minimum Gasteiger partial charge on any atom is -0.370 e. The number of piperazine rings is 1. The molecule has 2 bridgehead atoms. The number of ether oxygens (including phenoxy) is 1. The molecule has 2 amide bonds. The number of methoxy groups -OCH3 is 1. The van der Waals surface area contributed by atoms with E-state index < -0.39 is 71.3 Å². The molecule has 38 heavy (non-hydrogen) atoms. The molecule has 1 saturated carbocycles. The molecule has 0 unspecified atom stereocenters. The van der Waals surface area contributed by atoms with Crippen molar-refractivity contribution in [2.24, 2.45) is 0 Å². The number of halogens is 6. The van der Waals surface area contributed by atoms with Crippen LogP contribution in [0, 0.1) is 0 Å². The summed E-state index contributed by atoms with van der Waals surface area (Å²) in [5.74, 6) is -2.20. The highest BCUT2D eigenvalue weighted by atomic mass is 19.4. The van der Waals surface area contributed by atoms with Crippen LogP contribution in [0.1, 0.15) is 74.6 Å². The minimum atomic E-state index is -5.04. The maximum absolute atomic E-state index is 13.8. The van der Waals surface area contributed by atoms with Crippen LogP contribution in [0.5, 0.6) is 0 Å². The van der Waals surface area contributed by atoms with E-state index in [1.807, 2.05) is 0 Å². The molecule has 12 heteroatoms. The summed E-state index contributed by atoms with van der Waals surface area (Å²) in [5, 5.41) is 0. The Labute approximate surface area is 216 Å². The second-order valence-electron chi connectivity index (χ2n) is 10.4. The number of nitrogens with zero attached hydrogens (tertiary/aromatic N) is 2. The molecule has 1 aromatic carbocycles. The standard InChI is InChI=1S/C25H26F6N2O4.CH4/c1-37-23(7-2-3-8-23)20(34)22(36)33-17-5-4-6-18(33)21(35)32-12-15-13(10-19(17)32)9-14(24(26,27)28)11-16(15)25(29,30)31;/h9,11,17-19H,2-8,10,12H2,1H3;1H4/t17-,18+,19+;/m1./s1. The van der Waals surface area contributed by atoms with Gasteiger partial charge in [0.05, 0.1) is 23.2 Å². The molecule has 6 nitrogen and oxygen atoms in total. The third-order valence-electron chi connectivity index (χ3n) is 8.46. The van der Waals surface area contributed by atoms with E-state index in [-0.39, 0.29) is 37.5 Å². The molecule has 3 aliphatic heterocycles. The van der Waals surface area contributed by atoms with Crippen molar-refractivity contribution < 1.29 is 45.5 Å². The Bertz CT molecular complexity index is 1140. The van der Waals surface area contributed by atoms with Gasteiger partial charge in [-0.15, -0.1) is 0 Å². The predicted molar refractivity (Wildman–Crippen MR) is 123 cm³/mol. The zero-order valence-electron chi connectivity index (χ0n) is 20.0. The smallest absolute Gasteiger partial charge is 0.370 e. The number of hydrogen-bond acceptors (Lipinski definition) is 4. The zero-order valence-corrected chi connectivity index (χ0v) is 20.0. The summed E-state index contributed by atoms with van der Waals surface area (Å²) in [5.41, 5.74) is -4.60. The van der Waals surface area contributed by atoms with Crippen molar-refractivity contribution in [3.63, 3.8) is 0 Å². The van der Waals surface area contributed by atoms with E-state index in [1.54, 1.807) is 0 Å². The fourth-order valence-electron chi connectivity index (χ4n) is 6.64. The summed E-state index contributed by atoms with van der Waals surface area (Å²) in [4.78, 5) is 42.9. The van der Waals surface area contributed by atoms with E-state index >= 15 is 0 Å². The summed E-state index contributed by atoms with van der Waals surface area (Å²) in [6, 6.07) is -1.74. The molecule has 3 atom stereocenters. The van der Waals surface area contributed by atoms with Gasteiger partial charge in [0.1, 0.15) is 11.6 Å². The Kier molecular flexibility index (Phi) is 7.12. The summed E-state index contributed by atoms with van der Waals surface area (Å²) in [6.07, 6.45) is -6.99. The second-order valence-corrected chi connectivity index (χ2v) is 10.4. The topological polar surface area (TPSA) is 66.9 Å². The molecule has 4 aliphatic rings. The van der Waals surface area contributed by atoms with Gasteiger partial charge in [0.15, 0.2) is 0 Å². The van der Waals surface area contributed by atoms with Crippen LogP contribution in [-0.2, 0) is 44.4 Å². The van der Waals surface area contributed by atoms with Gasteiger partial charge in [-0.1, -0.05) is 7.43 Å². The highest BCUT2D eigenvalue weighted by Gasteiger charge is 2.56. The lowest BCUT2D eigenvalue weighted by Gasteiger charge is -2.55. The molecule has 0 aromatic heterocycles. The maximum atomic E-state index is 13.8. The second kappa shape index (κ2) is 9.53. The molecule has 0 N–H and O–H groups in total. The highest BCUT2D eigenvalue weighted by Crippen LogP contribution is 2.45. The van der Waals surface area contributed by atoms with Crippen molar-refractivity contribution in [3.05, 3.63) is 34.4 Å². The first kappa shape index (κ1) is 28.4. The lowest BCUT2D eigenvalue weighted by atomic mass is 9.78. The molecule has 2 saturated heterocycles. The Morgan fingerprint density at radius 2 is 1.63 bits per heavy atom. The summed E-state index contributed by atoms with van der Waals surface area (Å²) in [6.45, 7) is -0.503. The number of alkyl halides is 6. The van der Waals surface area contributed by atoms with Gasteiger partial charge in [-0.3, -0.25) is 14.4 Å². The molecule has 3 heterocycles. The van der Waals surface area contributed by atoms with Crippen molar-refractivity contribution in [1.29, 1.82) is 0 Å². The SMILES string of the molecule is C.COC1(C(=O)C(=O)N2[C@@H]3CCC[C@H]2C(=O)N2Cc4c(cc(C(F)(F)F)cc4C(F)(F)F)C[C@@H]32)CCCC1. The number of carbonyl (C=O) groups excluding carboxylic acids is 3. The molecule has 1 aromatic rings. The molecule has 3 fully saturated rings. The predicted octanol–water partition coefficient (Wildman–Crippen LogP) is 4.91. The normalized spacial score (nSPS) is 26.4. The van der Waals surface area contributed by atoms with E-state index in [2.05, 4.69) is 0 Å².